The standard InChI is InChI=1S/C20H19ClN2O4S2/c1-12-4-3-5-15(8-12)27-18-7-6-14(21)9-16(18)23-17-10-29(25,26)11-19(17)28-20(23)22-13(2)24/h3-9,17,19H,10-11H2,1-2H3/t17-,19+/m1/s1. The van der Waals surface area contributed by atoms with Crippen molar-refractivity contribution in [3.8, 4) is 11.5 Å². The highest BCUT2D eigenvalue weighted by Crippen LogP contribution is 2.45. The van der Waals surface area contributed by atoms with Crippen molar-refractivity contribution in [3.63, 3.8) is 0 Å². The number of anilines is 1. The summed E-state index contributed by atoms with van der Waals surface area (Å²) in [6.45, 7) is 3.34. The van der Waals surface area contributed by atoms with E-state index in [0.717, 1.165) is 5.56 Å². The number of aliphatic imine (C=N–C) groups is 1. The Balaban J connectivity index is 1.80. The van der Waals surface area contributed by atoms with Crippen molar-refractivity contribution in [2.45, 2.75) is 25.1 Å². The van der Waals surface area contributed by atoms with Crippen molar-refractivity contribution in [1.82, 2.24) is 0 Å². The van der Waals surface area contributed by atoms with Crippen LogP contribution >= 0.6 is 23.4 Å². The lowest BCUT2D eigenvalue weighted by Crippen LogP contribution is -2.37. The van der Waals surface area contributed by atoms with E-state index in [4.69, 9.17) is 16.3 Å². The number of hydrogen-bond acceptors (Lipinski definition) is 5. The molecule has 4 rings (SSSR count). The van der Waals surface area contributed by atoms with E-state index in [1.807, 2.05) is 31.2 Å². The highest BCUT2D eigenvalue weighted by molar-refractivity contribution is 8.16. The molecule has 0 saturated carbocycles. The summed E-state index contributed by atoms with van der Waals surface area (Å²) in [5.41, 5.74) is 1.65. The van der Waals surface area contributed by atoms with Crippen molar-refractivity contribution in [2.75, 3.05) is 16.4 Å². The summed E-state index contributed by atoms with van der Waals surface area (Å²) in [6, 6.07) is 12.5. The van der Waals surface area contributed by atoms with Crippen molar-refractivity contribution < 1.29 is 17.9 Å². The Labute approximate surface area is 178 Å². The van der Waals surface area contributed by atoms with Crippen LogP contribution in [0, 0.1) is 6.92 Å². The number of carbonyl (C=O) groups is 1. The lowest BCUT2D eigenvalue weighted by molar-refractivity contribution is -0.115. The normalized spacial score (nSPS) is 24.0. The first-order valence-corrected chi connectivity index (χ1v) is 12.1. The van der Waals surface area contributed by atoms with Gasteiger partial charge in [0.05, 0.1) is 23.2 Å². The number of thioether (sulfide) groups is 1. The average Bonchev–Trinajstić information content (AvgIpc) is 3.07. The predicted molar refractivity (Wildman–Crippen MR) is 117 cm³/mol. The molecule has 2 aromatic rings. The molecule has 1 amide bonds. The maximum Gasteiger partial charge on any atom is 0.244 e. The van der Waals surface area contributed by atoms with E-state index in [2.05, 4.69) is 4.99 Å². The van der Waals surface area contributed by atoms with Crippen molar-refractivity contribution in [1.29, 1.82) is 0 Å². The number of benzene rings is 2. The molecule has 2 aliphatic rings. The Morgan fingerprint density at radius 2 is 2.03 bits per heavy atom. The Bertz CT molecular complexity index is 1120. The van der Waals surface area contributed by atoms with Gasteiger partial charge in [-0.15, -0.1) is 0 Å². The first-order chi connectivity index (χ1) is 13.7. The third-order valence-electron chi connectivity index (χ3n) is 4.72. The Morgan fingerprint density at radius 3 is 2.76 bits per heavy atom. The molecule has 6 nitrogen and oxygen atoms in total. The molecule has 0 aliphatic carbocycles. The van der Waals surface area contributed by atoms with E-state index < -0.39 is 9.84 Å². The number of amides is 1. The van der Waals surface area contributed by atoms with Crippen molar-refractivity contribution >= 4 is 50.0 Å². The number of fused-ring (bicyclic) bond motifs is 1. The van der Waals surface area contributed by atoms with E-state index in [1.54, 1.807) is 23.1 Å². The number of ether oxygens (including phenoxy) is 1. The molecular formula is C20H19ClN2O4S2. The van der Waals surface area contributed by atoms with Gasteiger partial charge in [-0.05, 0) is 42.8 Å². The molecule has 2 aromatic carbocycles. The van der Waals surface area contributed by atoms with Crippen LogP contribution in [-0.2, 0) is 14.6 Å². The molecule has 2 atom stereocenters. The van der Waals surface area contributed by atoms with Gasteiger partial charge in [0.2, 0.25) is 5.91 Å². The molecule has 0 bridgehead atoms. The summed E-state index contributed by atoms with van der Waals surface area (Å²) in [5, 5.41) is 0.760. The summed E-state index contributed by atoms with van der Waals surface area (Å²) in [7, 11) is -3.16. The molecule has 0 aromatic heterocycles. The van der Waals surface area contributed by atoms with Crippen molar-refractivity contribution in [2.24, 2.45) is 4.99 Å². The minimum absolute atomic E-state index is 0.00199. The Kier molecular flexibility index (Phi) is 5.35. The maximum atomic E-state index is 12.2. The maximum absolute atomic E-state index is 12.2. The predicted octanol–water partition coefficient (Wildman–Crippen LogP) is 4.06. The molecule has 29 heavy (non-hydrogen) atoms. The number of rotatable bonds is 3. The van der Waals surface area contributed by atoms with Gasteiger partial charge in [-0.25, -0.2) is 8.42 Å². The van der Waals surface area contributed by atoms with Gasteiger partial charge in [0.25, 0.3) is 0 Å². The van der Waals surface area contributed by atoms with Gasteiger partial charge >= 0.3 is 0 Å². The number of carbonyl (C=O) groups excluding carboxylic acids is 1. The van der Waals surface area contributed by atoms with Crippen LogP contribution in [0.25, 0.3) is 0 Å². The number of aryl methyl sites for hydroxylation is 1. The van der Waals surface area contributed by atoms with Crippen LogP contribution in [0.2, 0.25) is 5.02 Å². The molecule has 152 valence electrons. The van der Waals surface area contributed by atoms with E-state index in [0.29, 0.717) is 27.4 Å². The van der Waals surface area contributed by atoms with E-state index >= 15 is 0 Å². The molecule has 0 unspecified atom stereocenters. The summed E-state index contributed by atoms with van der Waals surface area (Å²) < 4.78 is 30.6. The zero-order chi connectivity index (χ0) is 20.8. The van der Waals surface area contributed by atoms with Gasteiger partial charge in [0.1, 0.15) is 5.75 Å². The van der Waals surface area contributed by atoms with Crippen LogP contribution in [0.1, 0.15) is 12.5 Å². The molecule has 9 heteroatoms. The van der Waals surface area contributed by atoms with Gasteiger partial charge in [0.15, 0.2) is 20.8 Å². The third-order valence-corrected chi connectivity index (χ3v) is 8.16. The second-order valence-corrected chi connectivity index (χ2v) is 10.9. The minimum atomic E-state index is -3.16. The topological polar surface area (TPSA) is 76.0 Å². The lowest BCUT2D eigenvalue weighted by atomic mass is 10.2. The van der Waals surface area contributed by atoms with Gasteiger partial charge in [-0.3, -0.25) is 4.79 Å². The Hall–Kier alpha value is -2.03. The molecule has 0 N–H and O–H groups in total. The van der Waals surface area contributed by atoms with Crippen LogP contribution in [0.3, 0.4) is 0 Å². The highest BCUT2D eigenvalue weighted by atomic mass is 35.5. The van der Waals surface area contributed by atoms with E-state index in [1.165, 1.54) is 18.7 Å². The van der Waals surface area contributed by atoms with Crippen LogP contribution in [-0.4, -0.2) is 42.3 Å². The summed E-state index contributed by atoms with van der Waals surface area (Å²) in [4.78, 5) is 17.6. The van der Waals surface area contributed by atoms with Gasteiger partial charge in [-0.1, -0.05) is 35.5 Å². The smallest absolute Gasteiger partial charge is 0.244 e. The van der Waals surface area contributed by atoms with Crippen LogP contribution in [0.5, 0.6) is 11.5 Å². The number of sulfone groups is 1. The van der Waals surface area contributed by atoms with Crippen molar-refractivity contribution in [3.05, 3.63) is 53.1 Å². The van der Waals surface area contributed by atoms with Gasteiger partial charge in [0, 0.05) is 17.2 Å². The first-order valence-electron chi connectivity index (χ1n) is 9.01. The van der Waals surface area contributed by atoms with E-state index in [-0.39, 0.29) is 28.7 Å². The van der Waals surface area contributed by atoms with Crippen LogP contribution in [0.15, 0.2) is 47.5 Å². The molecule has 2 saturated heterocycles. The fourth-order valence-electron chi connectivity index (χ4n) is 3.55. The highest BCUT2D eigenvalue weighted by Gasteiger charge is 2.50. The fraction of sp³-hybridized carbons (Fsp3) is 0.300. The second kappa shape index (κ2) is 7.66. The number of halogens is 1. The zero-order valence-electron chi connectivity index (χ0n) is 15.8. The monoisotopic (exact) mass is 450 g/mol. The third kappa shape index (κ3) is 4.29. The lowest BCUT2D eigenvalue weighted by Gasteiger charge is -2.26. The van der Waals surface area contributed by atoms with Gasteiger partial charge in [-0.2, -0.15) is 4.99 Å². The number of hydrogen-bond donors (Lipinski definition) is 0. The first kappa shape index (κ1) is 20.3. The largest absolute Gasteiger partial charge is 0.455 e. The molecular weight excluding hydrogens is 432 g/mol. The Morgan fingerprint density at radius 1 is 1.24 bits per heavy atom. The van der Waals surface area contributed by atoms with E-state index in [9.17, 15) is 13.2 Å². The quantitative estimate of drug-likeness (QED) is 0.701. The van der Waals surface area contributed by atoms with Crippen LogP contribution < -0.4 is 9.64 Å². The fourth-order valence-corrected chi connectivity index (χ4v) is 7.67. The molecule has 2 heterocycles. The molecule has 0 radical (unpaired) electrons. The zero-order valence-corrected chi connectivity index (χ0v) is 18.2. The van der Waals surface area contributed by atoms with Gasteiger partial charge < -0.3 is 9.64 Å². The summed E-state index contributed by atoms with van der Waals surface area (Å²) in [6.07, 6.45) is 0. The SMILES string of the molecule is CC(=O)N=C1S[C@H]2CS(=O)(=O)C[C@H]2N1c1cc(Cl)ccc1Oc1cccc(C)c1. The van der Waals surface area contributed by atoms with Crippen LogP contribution in [0.4, 0.5) is 5.69 Å². The molecule has 0 spiro atoms. The second-order valence-electron chi connectivity index (χ2n) is 7.11. The number of nitrogens with zero attached hydrogens (tertiary/aromatic N) is 2. The summed E-state index contributed by atoms with van der Waals surface area (Å²) in [5.74, 6) is 0.883. The summed E-state index contributed by atoms with van der Waals surface area (Å²) >= 11 is 7.58. The molecule has 2 aliphatic heterocycles. The average molecular weight is 451 g/mol. The number of amidine groups is 1. The molecule has 2 fully saturated rings. The minimum Gasteiger partial charge on any atom is -0.455 e.